The highest BCUT2D eigenvalue weighted by molar-refractivity contribution is 7.09. The molecule has 0 radical (unpaired) electrons. The summed E-state index contributed by atoms with van der Waals surface area (Å²) in [6.07, 6.45) is 5.34. The molecule has 1 saturated heterocycles. The summed E-state index contributed by atoms with van der Waals surface area (Å²) < 4.78 is 1.87. The molecule has 0 spiro atoms. The number of rotatable bonds is 10. The number of thiazole rings is 1. The Morgan fingerprint density at radius 2 is 1.90 bits per heavy atom. The molecule has 1 fully saturated rings. The summed E-state index contributed by atoms with van der Waals surface area (Å²) in [5.41, 5.74) is 3.43. The first-order valence-corrected chi connectivity index (χ1v) is 14.5. The molecule has 0 bridgehead atoms. The van der Waals surface area contributed by atoms with Crippen LogP contribution in [0.25, 0.3) is 5.69 Å². The Morgan fingerprint density at radius 3 is 2.58 bits per heavy atom. The molecule has 4 aromatic rings. The van der Waals surface area contributed by atoms with Crippen molar-refractivity contribution in [1.29, 1.82) is 0 Å². The van der Waals surface area contributed by atoms with E-state index >= 15 is 0 Å². The van der Waals surface area contributed by atoms with Gasteiger partial charge < -0.3 is 25.2 Å². The Labute approximate surface area is 238 Å². The predicted octanol–water partition coefficient (Wildman–Crippen LogP) is 3.97. The Morgan fingerprint density at radius 1 is 1.15 bits per heavy atom. The maximum atomic E-state index is 13.7. The summed E-state index contributed by atoms with van der Waals surface area (Å²) >= 11 is 1.52. The van der Waals surface area contributed by atoms with Crippen molar-refractivity contribution in [3.05, 3.63) is 106 Å². The SMILES string of the molecule is Cc1csc(CN(C)C(=O)c2cc(C(=O)NC(Cc3ccccc3)C(O)C3CCCN3)cc(-n3cccc3)c2)n1. The van der Waals surface area contributed by atoms with Gasteiger partial charge in [0.05, 0.1) is 18.7 Å². The number of amides is 2. The van der Waals surface area contributed by atoms with E-state index in [9.17, 15) is 14.7 Å². The molecule has 3 atom stereocenters. The third-order valence-electron chi connectivity index (χ3n) is 7.25. The van der Waals surface area contributed by atoms with Crippen LogP contribution in [0.5, 0.6) is 0 Å². The third-order valence-corrected chi connectivity index (χ3v) is 8.20. The maximum absolute atomic E-state index is 13.7. The molecule has 3 heterocycles. The number of hydrogen-bond acceptors (Lipinski definition) is 6. The Hall–Kier alpha value is -3.79. The summed E-state index contributed by atoms with van der Waals surface area (Å²) in [5, 5.41) is 20.6. The van der Waals surface area contributed by atoms with E-state index in [1.165, 1.54) is 11.3 Å². The highest BCUT2D eigenvalue weighted by atomic mass is 32.1. The fraction of sp³-hybridized carbons (Fsp3) is 0.323. The van der Waals surface area contributed by atoms with Crippen molar-refractivity contribution in [2.45, 2.75) is 50.9 Å². The van der Waals surface area contributed by atoms with E-state index in [2.05, 4.69) is 15.6 Å². The highest BCUT2D eigenvalue weighted by Crippen LogP contribution is 2.20. The molecule has 1 aliphatic heterocycles. The normalized spacial score (nSPS) is 16.4. The van der Waals surface area contributed by atoms with E-state index in [1.54, 1.807) is 30.1 Å². The molecule has 5 rings (SSSR count). The number of carbonyl (C=O) groups excluding carboxylic acids is 2. The van der Waals surface area contributed by atoms with Crippen LogP contribution in [0.3, 0.4) is 0 Å². The van der Waals surface area contributed by atoms with Crippen LogP contribution in [0, 0.1) is 6.92 Å². The van der Waals surface area contributed by atoms with Crippen LogP contribution < -0.4 is 10.6 Å². The second kappa shape index (κ2) is 12.6. The van der Waals surface area contributed by atoms with Gasteiger partial charge in [-0.15, -0.1) is 11.3 Å². The van der Waals surface area contributed by atoms with E-state index in [0.717, 1.165) is 35.7 Å². The minimum Gasteiger partial charge on any atom is -0.389 e. The molecular weight excluding hydrogens is 522 g/mol. The summed E-state index contributed by atoms with van der Waals surface area (Å²) in [6.45, 7) is 3.16. The van der Waals surface area contributed by atoms with Crippen molar-refractivity contribution < 1.29 is 14.7 Å². The number of aromatic nitrogens is 2. The third kappa shape index (κ3) is 6.67. The number of aliphatic hydroxyl groups is 1. The van der Waals surface area contributed by atoms with Gasteiger partial charge in [0.15, 0.2) is 0 Å². The second-order valence-corrected chi connectivity index (χ2v) is 11.3. The van der Waals surface area contributed by atoms with Crippen LogP contribution >= 0.6 is 11.3 Å². The van der Waals surface area contributed by atoms with E-state index < -0.39 is 12.1 Å². The van der Waals surface area contributed by atoms with Gasteiger partial charge in [0.2, 0.25) is 0 Å². The van der Waals surface area contributed by atoms with E-state index in [4.69, 9.17) is 0 Å². The lowest BCUT2D eigenvalue weighted by molar-refractivity contribution is 0.0737. The van der Waals surface area contributed by atoms with Crippen LogP contribution in [0.1, 0.15) is 49.8 Å². The van der Waals surface area contributed by atoms with E-state index in [-0.39, 0.29) is 17.9 Å². The molecule has 40 heavy (non-hydrogen) atoms. The molecule has 0 aliphatic carbocycles. The maximum Gasteiger partial charge on any atom is 0.254 e. The molecule has 208 valence electrons. The van der Waals surface area contributed by atoms with Crippen LogP contribution in [0.4, 0.5) is 0 Å². The zero-order valence-corrected chi connectivity index (χ0v) is 23.6. The molecule has 1 aliphatic rings. The van der Waals surface area contributed by atoms with Gasteiger partial charge in [0.25, 0.3) is 11.8 Å². The molecule has 2 aromatic carbocycles. The number of nitrogens with one attached hydrogen (secondary N) is 2. The fourth-order valence-electron chi connectivity index (χ4n) is 5.15. The van der Waals surface area contributed by atoms with Gasteiger partial charge in [-0.2, -0.15) is 0 Å². The first kappa shape index (κ1) is 27.8. The van der Waals surface area contributed by atoms with Crippen molar-refractivity contribution >= 4 is 23.2 Å². The van der Waals surface area contributed by atoms with Gasteiger partial charge in [0, 0.05) is 53.4 Å². The van der Waals surface area contributed by atoms with Crippen LogP contribution in [0.2, 0.25) is 0 Å². The zero-order chi connectivity index (χ0) is 28.1. The smallest absolute Gasteiger partial charge is 0.254 e. The van der Waals surface area contributed by atoms with Crippen LogP contribution in [-0.4, -0.2) is 63.2 Å². The zero-order valence-electron chi connectivity index (χ0n) is 22.8. The quantitative estimate of drug-likeness (QED) is 0.274. The molecule has 2 aromatic heterocycles. The number of carbonyl (C=O) groups is 2. The van der Waals surface area contributed by atoms with Gasteiger partial charge in [-0.25, -0.2) is 4.98 Å². The Bertz CT molecular complexity index is 1430. The summed E-state index contributed by atoms with van der Waals surface area (Å²) in [4.78, 5) is 33.3. The standard InChI is InChI=1S/C31H35N5O3S/c1-21-20-40-28(33-21)19-35(2)31(39)24-16-23(17-25(18-24)36-13-6-7-14-36)30(38)34-27(15-22-9-4-3-5-10-22)29(37)26-11-8-12-32-26/h3-7,9-10,13-14,16-18,20,26-27,29,32,37H,8,11-12,15,19H2,1-2H3,(H,34,38). The molecule has 2 amide bonds. The minimum absolute atomic E-state index is 0.0829. The van der Waals surface area contributed by atoms with Gasteiger partial charge in [-0.1, -0.05) is 30.3 Å². The number of nitrogens with zero attached hydrogens (tertiary/aromatic N) is 3. The minimum atomic E-state index is -0.756. The van der Waals surface area contributed by atoms with Gasteiger partial charge in [-0.05, 0) is 68.6 Å². The molecule has 3 N–H and O–H groups in total. The summed E-state index contributed by atoms with van der Waals surface area (Å²) in [5.74, 6) is -0.536. The molecular formula is C31H35N5O3S. The first-order chi connectivity index (χ1) is 19.4. The molecule has 3 unspecified atom stereocenters. The lowest BCUT2D eigenvalue weighted by Crippen LogP contribution is -2.52. The van der Waals surface area contributed by atoms with Gasteiger partial charge >= 0.3 is 0 Å². The summed E-state index contributed by atoms with van der Waals surface area (Å²) in [7, 11) is 1.74. The number of benzene rings is 2. The van der Waals surface area contributed by atoms with E-state index in [1.807, 2.05) is 71.7 Å². The van der Waals surface area contributed by atoms with Crippen molar-refractivity contribution in [3.63, 3.8) is 0 Å². The van der Waals surface area contributed by atoms with Crippen molar-refractivity contribution in [1.82, 2.24) is 25.1 Å². The lowest BCUT2D eigenvalue weighted by atomic mass is 9.95. The molecule has 9 heteroatoms. The topological polar surface area (TPSA) is 99.5 Å². The van der Waals surface area contributed by atoms with Crippen molar-refractivity contribution in [3.8, 4) is 5.69 Å². The number of aliphatic hydroxyl groups excluding tert-OH is 1. The van der Waals surface area contributed by atoms with Crippen molar-refractivity contribution in [2.24, 2.45) is 0 Å². The van der Waals surface area contributed by atoms with Crippen LogP contribution in [-0.2, 0) is 13.0 Å². The van der Waals surface area contributed by atoms with Gasteiger partial charge in [0.1, 0.15) is 5.01 Å². The number of aryl methyl sites for hydroxylation is 1. The van der Waals surface area contributed by atoms with E-state index in [0.29, 0.717) is 29.8 Å². The van der Waals surface area contributed by atoms with Gasteiger partial charge in [-0.3, -0.25) is 9.59 Å². The largest absolute Gasteiger partial charge is 0.389 e. The summed E-state index contributed by atoms with van der Waals surface area (Å²) in [6, 6.07) is 18.3. The number of hydrogen-bond donors (Lipinski definition) is 3. The van der Waals surface area contributed by atoms with Crippen LogP contribution in [0.15, 0.2) is 78.4 Å². The fourth-order valence-corrected chi connectivity index (χ4v) is 5.98. The lowest BCUT2D eigenvalue weighted by Gasteiger charge is -2.29. The highest BCUT2D eigenvalue weighted by Gasteiger charge is 2.31. The average Bonchev–Trinajstić information content (AvgIpc) is 3.76. The predicted molar refractivity (Wildman–Crippen MR) is 157 cm³/mol. The van der Waals surface area contributed by atoms with Crippen molar-refractivity contribution in [2.75, 3.05) is 13.6 Å². The molecule has 8 nitrogen and oxygen atoms in total. The first-order valence-electron chi connectivity index (χ1n) is 13.6. The average molecular weight is 558 g/mol. The Kier molecular flexibility index (Phi) is 8.74. The molecule has 0 saturated carbocycles. The second-order valence-electron chi connectivity index (χ2n) is 10.4. The Balaban J connectivity index is 1.42. The monoisotopic (exact) mass is 557 g/mol.